The summed E-state index contributed by atoms with van der Waals surface area (Å²) < 4.78 is 15.8. The van der Waals surface area contributed by atoms with Crippen molar-refractivity contribution in [3.63, 3.8) is 0 Å². The van der Waals surface area contributed by atoms with Crippen LogP contribution in [0.3, 0.4) is 0 Å². The van der Waals surface area contributed by atoms with E-state index in [9.17, 15) is 14.3 Å². The summed E-state index contributed by atoms with van der Waals surface area (Å²) in [5, 5.41) is 10.5. The number of benzene rings is 2. The molecular weight excluding hydrogens is 264 g/mol. The third-order valence-corrected chi connectivity index (χ3v) is 3.32. The highest BCUT2D eigenvalue weighted by molar-refractivity contribution is 7.83. The lowest BCUT2D eigenvalue weighted by Crippen LogP contribution is -1.91. The molecule has 1 atom stereocenters. The summed E-state index contributed by atoms with van der Waals surface area (Å²) in [5.41, 5.74) is 0.811. The third kappa shape index (κ3) is 3.56. The second-order valence-electron chi connectivity index (χ2n) is 3.65. The summed E-state index contributed by atoms with van der Waals surface area (Å²) in [4.78, 5) is 10.4. The number of nitro groups is 1. The van der Waals surface area contributed by atoms with Gasteiger partial charge in [-0.2, -0.15) is 4.40 Å². The Hall–Kier alpha value is -2.34. The Labute approximate surface area is 112 Å². The molecule has 5 nitrogen and oxygen atoms in total. The first kappa shape index (κ1) is 13.1. The molecule has 0 aliphatic rings. The zero-order valence-electron chi connectivity index (χ0n) is 9.80. The molecule has 2 aromatic rings. The minimum absolute atomic E-state index is 0.0345. The van der Waals surface area contributed by atoms with Crippen LogP contribution in [0.5, 0.6) is 0 Å². The fourth-order valence-electron chi connectivity index (χ4n) is 1.39. The molecule has 0 saturated heterocycles. The van der Waals surface area contributed by atoms with Crippen LogP contribution in [0.4, 0.5) is 5.69 Å². The van der Waals surface area contributed by atoms with Crippen molar-refractivity contribution in [2.45, 2.75) is 4.90 Å². The van der Waals surface area contributed by atoms with E-state index in [1.165, 1.54) is 30.5 Å². The Kier molecular flexibility index (Phi) is 4.15. The summed E-state index contributed by atoms with van der Waals surface area (Å²) in [5.74, 6) is 0. The SMILES string of the molecule is O=[N+]([O-])c1ccc(S(=O)/N=C/c2ccccc2)cc1. The van der Waals surface area contributed by atoms with Crippen molar-refractivity contribution >= 4 is 22.9 Å². The van der Waals surface area contributed by atoms with Crippen molar-refractivity contribution in [1.82, 2.24) is 0 Å². The van der Waals surface area contributed by atoms with Crippen LogP contribution in [0.15, 0.2) is 63.9 Å². The van der Waals surface area contributed by atoms with Crippen LogP contribution in [0, 0.1) is 10.1 Å². The monoisotopic (exact) mass is 274 g/mol. The molecule has 96 valence electrons. The fraction of sp³-hybridized carbons (Fsp3) is 0. The third-order valence-electron chi connectivity index (χ3n) is 2.35. The summed E-state index contributed by atoms with van der Waals surface area (Å²) in [6, 6.07) is 14.8. The molecule has 0 spiro atoms. The predicted octanol–water partition coefficient (Wildman–Crippen LogP) is 2.74. The lowest BCUT2D eigenvalue weighted by atomic mass is 10.2. The van der Waals surface area contributed by atoms with Gasteiger partial charge >= 0.3 is 0 Å². The second-order valence-corrected chi connectivity index (χ2v) is 4.83. The molecular formula is C13H10N2O3S. The van der Waals surface area contributed by atoms with Gasteiger partial charge in [-0.3, -0.25) is 10.1 Å². The molecule has 0 aliphatic carbocycles. The van der Waals surface area contributed by atoms with Gasteiger partial charge < -0.3 is 0 Å². The van der Waals surface area contributed by atoms with Crippen LogP contribution < -0.4 is 0 Å². The van der Waals surface area contributed by atoms with Crippen LogP contribution in [0.2, 0.25) is 0 Å². The van der Waals surface area contributed by atoms with Crippen molar-refractivity contribution < 1.29 is 9.13 Å². The molecule has 0 N–H and O–H groups in total. The van der Waals surface area contributed by atoms with Crippen molar-refractivity contribution in [2.24, 2.45) is 4.40 Å². The zero-order valence-corrected chi connectivity index (χ0v) is 10.6. The van der Waals surface area contributed by atoms with E-state index in [1.807, 2.05) is 30.3 Å². The average Bonchev–Trinajstić information content (AvgIpc) is 2.46. The first-order valence-corrected chi connectivity index (χ1v) is 6.53. The van der Waals surface area contributed by atoms with E-state index >= 15 is 0 Å². The van der Waals surface area contributed by atoms with Crippen LogP contribution in [0.25, 0.3) is 0 Å². The van der Waals surface area contributed by atoms with Gasteiger partial charge in [0, 0.05) is 18.3 Å². The van der Waals surface area contributed by atoms with E-state index in [-0.39, 0.29) is 5.69 Å². The van der Waals surface area contributed by atoms with E-state index in [4.69, 9.17) is 0 Å². The van der Waals surface area contributed by atoms with Gasteiger partial charge in [0.1, 0.15) is 0 Å². The number of hydrogen-bond donors (Lipinski definition) is 0. The molecule has 0 bridgehead atoms. The minimum atomic E-state index is -1.56. The Morgan fingerprint density at radius 1 is 1.05 bits per heavy atom. The van der Waals surface area contributed by atoms with Gasteiger partial charge in [0.15, 0.2) is 11.0 Å². The van der Waals surface area contributed by atoms with Crippen molar-refractivity contribution in [1.29, 1.82) is 0 Å². The highest BCUT2D eigenvalue weighted by Crippen LogP contribution is 2.15. The van der Waals surface area contributed by atoms with E-state index in [1.54, 1.807) is 0 Å². The predicted molar refractivity (Wildman–Crippen MR) is 73.5 cm³/mol. The molecule has 1 unspecified atom stereocenters. The maximum absolute atomic E-state index is 11.8. The Bertz CT molecular complexity index is 624. The number of non-ortho nitro benzene ring substituents is 1. The molecule has 0 saturated carbocycles. The Morgan fingerprint density at radius 2 is 1.68 bits per heavy atom. The van der Waals surface area contributed by atoms with Crippen LogP contribution >= 0.6 is 0 Å². The summed E-state index contributed by atoms with van der Waals surface area (Å²) in [7, 11) is -1.56. The summed E-state index contributed by atoms with van der Waals surface area (Å²) >= 11 is 0. The van der Waals surface area contributed by atoms with Gasteiger partial charge in [-0.05, 0) is 17.7 Å². The van der Waals surface area contributed by atoms with Crippen molar-refractivity contribution in [3.8, 4) is 0 Å². The molecule has 6 heteroatoms. The standard InChI is InChI=1S/C13H10N2O3S/c16-15(17)12-6-8-13(9-7-12)19(18)14-10-11-4-2-1-3-5-11/h1-10H/b14-10+. The fourth-order valence-corrected chi connectivity index (χ4v) is 2.10. The first-order chi connectivity index (χ1) is 9.16. The van der Waals surface area contributed by atoms with Gasteiger partial charge in [-0.15, -0.1) is 0 Å². The first-order valence-electron chi connectivity index (χ1n) is 5.42. The zero-order chi connectivity index (χ0) is 13.7. The van der Waals surface area contributed by atoms with E-state index in [0.717, 1.165) is 5.56 Å². The lowest BCUT2D eigenvalue weighted by molar-refractivity contribution is -0.384. The molecule has 0 radical (unpaired) electrons. The molecule has 0 amide bonds. The number of nitrogens with zero attached hydrogens (tertiary/aromatic N) is 2. The van der Waals surface area contributed by atoms with E-state index in [2.05, 4.69) is 4.40 Å². The Balaban J connectivity index is 2.12. The molecule has 0 fully saturated rings. The average molecular weight is 274 g/mol. The second kappa shape index (κ2) is 6.01. The number of rotatable bonds is 4. The van der Waals surface area contributed by atoms with Gasteiger partial charge in [-0.1, -0.05) is 30.3 Å². The molecule has 0 aliphatic heterocycles. The summed E-state index contributed by atoms with van der Waals surface area (Å²) in [6.07, 6.45) is 1.51. The van der Waals surface area contributed by atoms with Crippen molar-refractivity contribution in [3.05, 3.63) is 70.3 Å². The highest BCUT2D eigenvalue weighted by Gasteiger charge is 2.06. The number of hydrogen-bond acceptors (Lipinski definition) is 3. The maximum atomic E-state index is 11.8. The highest BCUT2D eigenvalue weighted by atomic mass is 32.2. The summed E-state index contributed by atoms with van der Waals surface area (Å²) in [6.45, 7) is 0. The van der Waals surface area contributed by atoms with E-state index in [0.29, 0.717) is 4.90 Å². The van der Waals surface area contributed by atoms with Crippen LogP contribution in [-0.2, 0) is 11.0 Å². The van der Waals surface area contributed by atoms with Gasteiger partial charge in [0.05, 0.1) is 9.82 Å². The lowest BCUT2D eigenvalue weighted by Gasteiger charge is -1.96. The maximum Gasteiger partial charge on any atom is 0.269 e. The smallest absolute Gasteiger partial charge is 0.258 e. The van der Waals surface area contributed by atoms with Gasteiger partial charge in [0.2, 0.25) is 0 Å². The largest absolute Gasteiger partial charge is 0.269 e. The Morgan fingerprint density at radius 3 is 2.26 bits per heavy atom. The molecule has 2 aromatic carbocycles. The molecule has 2 rings (SSSR count). The van der Waals surface area contributed by atoms with Gasteiger partial charge in [-0.25, -0.2) is 4.21 Å². The molecule has 0 aromatic heterocycles. The molecule has 19 heavy (non-hydrogen) atoms. The topological polar surface area (TPSA) is 72.6 Å². The quantitative estimate of drug-likeness (QED) is 0.489. The normalized spacial score (nSPS) is 12.4. The van der Waals surface area contributed by atoms with Gasteiger partial charge in [0.25, 0.3) is 5.69 Å². The minimum Gasteiger partial charge on any atom is -0.258 e. The van der Waals surface area contributed by atoms with E-state index < -0.39 is 15.9 Å². The molecule has 0 heterocycles. The number of nitro benzene ring substituents is 1. The van der Waals surface area contributed by atoms with Crippen LogP contribution in [-0.4, -0.2) is 15.3 Å². The van der Waals surface area contributed by atoms with Crippen molar-refractivity contribution in [2.75, 3.05) is 0 Å². The van der Waals surface area contributed by atoms with Crippen LogP contribution in [0.1, 0.15) is 5.56 Å².